The van der Waals surface area contributed by atoms with Gasteiger partial charge in [0.2, 0.25) is 21.8 Å². The molecule has 0 aliphatic heterocycles. The maximum Gasteiger partial charge on any atom is 0.271 e. The minimum Gasteiger partial charge on any atom is -0.495 e. The second kappa shape index (κ2) is 12.7. The van der Waals surface area contributed by atoms with E-state index in [0.29, 0.717) is 10.6 Å². The van der Waals surface area contributed by atoms with Crippen molar-refractivity contribution in [3.63, 3.8) is 0 Å². The number of halogens is 1. The summed E-state index contributed by atoms with van der Waals surface area (Å²) in [6.45, 7) is 4.50. The summed E-state index contributed by atoms with van der Waals surface area (Å²) in [6.07, 6.45) is 1.12. The van der Waals surface area contributed by atoms with Crippen molar-refractivity contribution in [1.82, 2.24) is 10.2 Å². The standard InChI is InChI=1S/C24H31ClN4O7S/c1-6-20(24(31)26-16(2)3)27(14-17-9-7-8-10-19(17)25)23(30)15-28(37(5,34)35)21-13-18(29(32)33)11-12-22(21)36-4/h7-13,16,20H,6,14-15H2,1-5H3,(H,26,31)/t20-/m0/s1. The Morgan fingerprint density at radius 1 is 1.19 bits per heavy atom. The van der Waals surface area contributed by atoms with E-state index >= 15 is 0 Å². The predicted molar refractivity (Wildman–Crippen MR) is 141 cm³/mol. The van der Waals surface area contributed by atoms with Crippen molar-refractivity contribution in [1.29, 1.82) is 0 Å². The molecule has 2 amide bonds. The summed E-state index contributed by atoms with van der Waals surface area (Å²) in [6, 6.07) is 9.12. The van der Waals surface area contributed by atoms with Gasteiger partial charge in [0.15, 0.2) is 0 Å². The van der Waals surface area contributed by atoms with Crippen LogP contribution >= 0.6 is 11.6 Å². The normalized spacial score (nSPS) is 12.1. The summed E-state index contributed by atoms with van der Waals surface area (Å²) < 4.78 is 31.6. The molecule has 0 bridgehead atoms. The minimum absolute atomic E-state index is 0.0195. The molecular weight excluding hydrogens is 524 g/mol. The first-order chi connectivity index (χ1) is 17.3. The SMILES string of the molecule is CC[C@@H](C(=O)NC(C)C)N(Cc1ccccc1Cl)C(=O)CN(c1cc([N+](=O)[O-])ccc1OC)S(C)(=O)=O. The number of carbonyl (C=O) groups is 2. The highest BCUT2D eigenvalue weighted by Crippen LogP contribution is 2.34. The molecule has 202 valence electrons. The second-order valence-electron chi connectivity index (χ2n) is 8.58. The van der Waals surface area contributed by atoms with E-state index in [4.69, 9.17) is 16.3 Å². The molecule has 0 saturated carbocycles. The van der Waals surface area contributed by atoms with Gasteiger partial charge in [0, 0.05) is 29.7 Å². The Morgan fingerprint density at radius 3 is 2.35 bits per heavy atom. The number of benzene rings is 2. The van der Waals surface area contributed by atoms with E-state index < -0.39 is 39.3 Å². The first-order valence-corrected chi connectivity index (χ1v) is 13.7. The van der Waals surface area contributed by atoms with Crippen molar-refractivity contribution in [2.24, 2.45) is 0 Å². The number of ether oxygens (including phenoxy) is 1. The Bertz CT molecular complexity index is 1250. The van der Waals surface area contributed by atoms with Crippen LogP contribution in [0.2, 0.25) is 5.02 Å². The van der Waals surface area contributed by atoms with E-state index in [2.05, 4.69) is 5.32 Å². The van der Waals surface area contributed by atoms with E-state index in [9.17, 15) is 28.1 Å². The van der Waals surface area contributed by atoms with Crippen LogP contribution in [0.4, 0.5) is 11.4 Å². The zero-order chi connectivity index (χ0) is 27.9. The van der Waals surface area contributed by atoms with Crippen molar-refractivity contribution in [3.8, 4) is 5.75 Å². The van der Waals surface area contributed by atoms with Crippen LogP contribution < -0.4 is 14.4 Å². The minimum atomic E-state index is -4.12. The van der Waals surface area contributed by atoms with Crippen LogP contribution in [0.25, 0.3) is 0 Å². The van der Waals surface area contributed by atoms with E-state index in [1.165, 1.54) is 18.1 Å². The van der Waals surface area contributed by atoms with Gasteiger partial charge in [0.1, 0.15) is 24.0 Å². The van der Waals surface area contributed by atoms with Gasteiger partial charge in [-0.3, -0.25) is 24.0 Å². The lowest BCUT2D eigenvalue weighted by Gasteiger charge is -2.33. The first-order valence-electron chi connectivity index (χ1n) is 11.4. The zero-order valence-electron chi connectivity index (χ0n) is 21.3. The Hall–Kier alpha value is -3.38. The number of hydrogen-bond donors (Lipinski definition) is 1. The Labute approximate surface area is 221 Å². The fourth-order valence-electron chi connectivity index (χ4n) is 3.69. The predicted octanol–water partition coefficient (Wildman–Crippen LogP) is 3.35. The quantitative estimate of drug-likeness (QED) is 0.313. The fourth-order valence-corrected chi connectivity index (χ4v) is 4.73. The molecule has 0 aromatic heterocycles. The lowest BCUT2D eigenvalue weighted by atomic mass is 10.1. The summed E-state index contributed by atoms with van der Waals surface area (Å²) in [7, 11) is -2.84. The molecule has 0 aliphatic rings. The number of nitrogens with zero attached hydrogens (tertiary/aromatic N) is 3. The maximum absolute atomic E-state index is 13.7. The summed E-state index contributed by atoms with van der Waals surface area (Å²) in [4.78, 5) is 38.7. The smallest absolute Gasteiger partial charge is 0.271 e. The van der Waals surface area contributed by atoms with Crippen LogP contribution in [0.3, 0.4) is 0 Å². The third kappa shape index (κ3) is 7.80. The number of sulfonamides is 1. The molecule has 2 rings (SSSR count). The Morgan fingerprint density at radius 2 is 1.84 bits per heavy atom. The number of carbonyl (C=O) groups excluding carboxylic acids is 2. The van der Waals surface area contributed by atoms with E-state index in [1.54, 1.807) is 45.0 Å². The molecule has 0 heterocycles. The van der Waals surface area contributed by atoms with Crippen LogP contribution in [-0.2, 0) is 26.2 Å². The average Bonchev–Trinajstić information content (AvgIpc) is 2.81. The highest BCUT2D eigenvalue weighted by molar-refractivity contribution is 7.92. The number of rotatable bonds is 12. The molecule has 0 fully saturated rings. The van der Waals surface area contributed by atoms with Crippen LogP contribution in [0.15, 0.2) is 42.5 Å². The fraction of sp³-hybridized carbons (Fsp3) is 0.417. The number of nitro groups is 1. The summed E-state index contributed by atoms with van der Waals surface area (Å²) >= 11 is 6.32. The Balaban J connectivity index is 2.58. The van der Waals surface area contributed by atoms with Crippen molar-refractivity contribution >= 4 is 44.8 Å². The van der Waals surface area contributed by atoms with Crippen LogP contribution in [0, 0.1) is 10.1 Å². The van der Waals surface area contributed by atoms with Gasteiger partial charge in [-0.15, -0.1) is 0 Å². The molecule has 1 atom stereocenters. The molecular formula is C24H31ClN4O7S. The number of methoxy groups -OCH3 is 1. The van der Waals surface area contributed by atoms with Gasteiger partial charge < -0.3 is 15.0 Å². The highest BCUT2D eigenvalue weighted by atomic mass is 35.5. The van der Waals surface area contributed by atoms with Gasteiger partial charge in [-0.05, 0) is 38.0 Å². The van der Waals surface area contributed by atoms with Crippen LogP contribution in [0.5, 0.6) is 5.75 Å². The lowest BCUT2D eigenvalue weighted by Crippen LogP contribution is -2.53. The lowest BCUT2D eigenvalue weighted by molar-refractivity contribution is -0.384. The first kappa shape index (κ1) is 29.8. The van der Waals surface area contributed by atoms with Gasteiger partial charge in [0.05, 0.1) is 18.3 Å². The highest BCUT2D eigenvalue weighted by Gasteiger charge is 2.33. The van der Waals surface area contributed by atoms with E-state index in [1.807, 2.05) is 0 Å². The number of non-ortho nitro benzene ring substituents is 1. The maximum atomic E-state index is 13.7. The van der Waals surface area contributed by atoms with E-state index in [-0.39, 0.29) is 36.1 Å². The summed E-state index contributed by atoms with van der Waals surface area (Å²) in [5, 5.41) is 14.5. The van der Waals surface area contributed by atoms with Crippen LogP contribution in [-0.4, -0.2) is 62.0 Å². The number of anilines is 1. The molecule has 13 heteroatoms. The molecule has 2 aromatic rings. The molecule has 1 N–H and O–H groups in total. The van der Waals surface area contributed by atoms with E-state index in [0.717, 1.165) is 22.7 Å². The van der Waals surface area contributed by atoms with Crippen molar-refractivity contribution in [3.05, 3.63) is 63.2 Å². The number of amides is 2. The summed E-state index contributed by atoms with van der Waals surface area (Å²) in [5.74, 6) is -1.09. The molecule has 0 spiro atoms. The molecule has 0 radical (unpaired) electrons. The monoisotopic (exact) mass is 554 g/mol. The van der Waals surface area contributed by atoms with Crippen LogP contribution in [0.1, 0.15) is 32.8 Å². The van der Waals surface area contributed by atoms with Gasteiger partial charge in [0.25, 0.3) is 5.69 Å². The number of hydrogen-bond acceptors (Lipinski definition) is 7. The van der Waals surface area contributed by atoms with Gasteiger partial charge >= 0.3 is 0 Å². The largest absolute Gasteiger partial charge is 0.495 e. The topological polar surface area (TPSA) is 139 Å². The molecule has 0 saturated heterocycles. The van der Waals surface area contributed by atoms with Crippen molar-refractivity contribution in [2.75, 3.05) is 24.2 Å². The third-order valence-electron chi connectivity index (χ3n) is 5.44. The van der Waals surface area contributed by atoms with Gasteiger partial charge in [-0.1, -0.05) is 36.7 Å². The van der Waals surface area contributed by atoms with Crippen molar-refractivity contribution < 1.29 is 27.7 Å². The average molecular weight is 555 g/mol. The zero-order valence-corrected chi connectivity index (χ0v) is 22.9. The summed E-state index contributed by atoms with van der Waals surface area (Å²) in [5.41, 5.74) is 0.00430. The molecule has 0 unspecified atom stereocenters. The Kier molecular flexibility index (Phi) is 10.3. The third-order valence-corrected chi connectivity index (χ3v) is 6.93. The number of nitro benzene ring substituents is 1. The van der Waals surface area contributed by atoms with Crippen molar-refractivity contribution in [2.45, 2.75) is 45.8 Å². The molecule has 37 heavy (non-hydrogen) atoms. The van der Waals surface area contributed by atoms with Gasteiger partial charge in [-0.2, -0.15) is 0 Å². The second-order valence-corrected chi connectivity index (χ2v) is 10.9. The van der Waals surface area contributed by atoms with Gasteiger partial charge in [-0.25, -0.2) is 8.42 Å². The number of nitrogens with one attached hydrogen (secondary N) is 1. The molecule has 11 nitrogen and oxygen atoms in total. The molecule has 2 aromatic carbocycles. The molecule has 0 aliphatic carbocycles.